The van der Waals surface area contributed by atoms with Crippen LogP contribution < -0.4 is 11.4 Å². The summed E-state index contributed by atoms with van der Waals surface area (Å²) in [4.78, 5) is 16.2. The first-order valence-electron chi connectivity index (χ1n) is 3.80. The Morgan fingerprint density at radius 1 is 1.25 bits per heavy atom. The lowest BCUT2D eigenvalue weighted by Gasteiger charge is -1.92. The lowest BCUT2D eigenvalue weighted by atomic mass is 10.2. The summed E-state index contributed by atoms with van der Waals surface area (Å²) < 4.78 is 0. The minimum atomic E-state index is -0.161. The van der Waals surface area contributed by atoms with E-state index in [4.69, 9.17) is 0 Å². The zero-order valence-corrected chi connectivity index (χ0v) is 6.55. The Morgan fingerprint density at radius 2 is 2.00 bits per heavy atom. The fourth-order valence-electron chi connectivity index (χ4n) is 1.24. The molecule has 0 aliphatic carbocycles. The summed E-state index contributed by atoms with van der Waals surface area (Å²) in [5.41, 5.74) is 6.42. The van der Waals surface area contributed by atoms with Gasteiger partial charge in [-0.05, 0) is 12.1 Å². The van der Waals surface area contributed by atoms with Gasteiger partial charge in [0.2, 0.25) is 0 Å². The van der Waals surface area contributed by atoms with Crippen molar-refractivity contribution in [3.8, 4) is 0 Å². The Kier molecular flexibility index (Phi) is 1.48. The van der Waals surface area contributed by atoms with Crippen molar-refractivity contribution in [1.29, 1.82) is 0 Å². The highest BCUT2D eigenvalue weighted by Gasteiger charge is 1.98. The number of benzene rings is 1. The maximum atomic E-state index is 10.9. The minimum Gasteiger partial charge on any atom is -0.354 e. The van der Waals surface area contributed by atoms with Gasteiger partial charge in [-0.3, -0.25) is 0 Å². The molecule has 0 unspecified atom stereocenters. The van der Waals surface area contributed by atoms with Crippen LogP contribution in [0.25, 0.3) is 11.0 Å². The third kappa shape index (κ3) is 1.02. The Hall–Kier alpha value is -1.55. The van der Waals surface area contributed by atoms with Crippen molar-refractivity contribution >= 4 is 11.0 Å². The number of hydrogen-bond acceptors (Lipinski definition) is 1. The lowest BCUT2D eigenvalue weighted by Crippen LogP contribution is -2.47. The molecule has 2 aromatic rings. The summed E-state index contributed by atoms with van der Waals surface area (Å²) >= 11 is 0. The normalized spacial score (nSPS) is 10.8. The smallest absolute Gasteiger partial charge is 0.323 e. The van der Waals surface area contributed by atoms with Crippen LogP contribution >= 0.6 is 0 Å². The van der Waals surface area contributed by atoms with E-state index in [-0.39, 0.29) is 5.69 Å². The van der Waals surface area contributed by atoms with E-state index >= 15 is 0 Å². The number of nitrogens with one attached hydrogen (secondary N) is 2. The van der Waals surface area contributed by atoms with Gasteiger partial charge in [0.1, 0.15) is 0 Å². The highest BCUT2D eigenvalue weighted by atomic mass is 16.1. The minimum absolute atomic E-state index is 0.161. The zero-order chi connectivity index (χ0) is 8.55. The van der Waals surface area contributed by atoms with Crippen LogP contribution in [0.15, 0.2) is 23.0 Å². The highest BCUT2D eigenvalue weighted by Crippen LogP contribution is 2.08. The van der Waals surface area contributed by atoms with Crippen LogP contribution in [0.3, 0.4) is 0 Å². The molecule has 12 heavy (non-hydrogen) atoms. The summed E-state index contributed by atoms with van der Waals surface area (Å²) in [6, 6.07) is 5.77. The standard InChI is InChI=1S/C8H9N3O/c9-4-5-1-2-6-7(3-5)11-8(12)10-6/h1-3H,4,9H2,(H2,10,11,12)/p+1. The molecule has 1 heterocycles. The molecule has 4 heteroatoms. The Morgan fingerprint density at radius 3 is 2.75 bits per heavy atom. The summed E-state index contributed by atoms with van der Waals surface area (Å²) in [5, 5.41) is 0. The Labute approximate surface area is 68.4 Å². The average molecular weight is 164 g/mol. The molecular weight excluding hydrogens is 154 g/mol. The van der Waals surface area contributed by atoms with Crippen molar-refractivity contribution in [2.75, 3.05) is 0 Å². The van der Waals surface area contributed by atoms with Gasteiger partial charge in [0.15, 0.2) is 0 Å². The van der Waals surface area contributed by atoms with E-state index in [0.717, 1.165) is 23.1 Å². The molecule has 0 radical (unpaired) electrons. The van der Waals surface area contributed by atoms with Gasteiger partial charge in [0.25, 0.3) is 0 Å². The number of H-pyrrole nitrogens is 2. The molecular formula is C8H10N3O+. The predicted molar refractivity (Wildman–Crippen MR) is 45.5 cm³/mol. The number of aromatic amines is 2. The monoisotopic (exact) mass is 164 g/mol. The number of rotatable bonds is 1. The van der Waals surface area contributed by atoms with Crippen LogP contribution in [0, 0.1) is 0 Å². The molecule has 0 aliphatic heterocycles. The van der Waals surface area contributed by atoms with E-state index in [2.05, 4.69) is 15.7 Å². The predicted octanol–water partition coefficient (Wildman–Crippen LogP) is -0.402. The number of imidazole rings is 1. The third-order valence-corrected chi connectivity index (χ3v) is 1.87. The first kappa shape index (κ1) is 7.12. The van der Waals surface area contributed by atoms with E-state index in [9.17, 15) is 4.79 Å². The summed E-state index contributed by atoms with van der Waals surface area (Å²) in [7, 11) is 0. The second-order valence-electron chi connectivity index (χ2n) is 2.71. The van der Waals surface area contributed by atoms with Crippen LogP contribution in [0.2, 0.25) is 0 Å². The van der Waals surface area contributed by atoms with Crippen molar-refractivity contribution < 1.29 is 5.73 Å². The fourth-order valence-corrected chi connectivity index (χ4v) is 1.24. The van der Waals surface area contributed by atoms with Crippen molar-refractivity contribution in [1.82, 2.24) is 9.97 Å². The van der Waals surface area contributed by atoms with Crippen LogP contribution in [0.1, 0.15) is 5.56 Å². The first-order chi connectivity index (χ1) is 5.79. The maximum absolute atomic E-state index is 10.9. The van der Waals surface area contributed by atoms with E-state index in [1.807, 2.05) is 18.2 Å². The molecule has 0 aliphatic rings. The van der Waals surface area contributed by atoms with Gasteiger partial charge >= 0.3 is 5.69 Å². The van der Waals surface area contributed by atoms with E-state index in [1.54, 1.807) is 0 Å². The lowest BCUT2D eigenvalue weighted by molar-refractivity contribution is -0.386. The molecule has 4 nitrogen and oxygen atoms in total. The third-order valence-electron chi connectivity index (χ3n) is 1.87. The van der Waals surface area contributed by atoms with Crippen LogP contribution in [0.5, 0.6) is 0 Å². The van der Waals surface area contributed by atoms with Gasteiger partial charge in [0.05, 0.1) is 17.6 Å². The molecule has 0 spiro atoms. The zero-order valence-electron chi connectivity index (χ0n) is 6.55. The summed E-state index contributed by atoms with van der Waals surface area (Å²) in [6.45, 7) is 0.739. The fraction of sp³-hybridized carbons (Fsp3) is 0.125. The van der Waals surface area contributed by atoms with E-state index < -0.39 is 0 Å². The second-order valence-corrected chi connectivity index (χ2v) is 2.71. The molecule has 2 rings (SSSR count). The van der Waals surface area contributed by atoms with E-state index in [0.29, 0.717) is 0 Å². The first-order valence-corrected chi connectivity index (χ1v) is 3.80. The summed E-state index contributed by atoms with van der Waals surface area (Å²) in [5.74, 6) is 0. The van der Waals surface area contributed by atoms with Crippen molar-refractivity contribution in [3.05, 3.63) is 34.2 Å². The Bertz CT molecular complexity index is 455. The number of fused-ring (bicyclic) bond motifs is 1. The topological polar surface area (TPSA) is 76.3 Å². The van der Waals surface area contributed by atoms with Gasteiger partial charge in [-0.2, -0.15) is 0 Å². The molecule has 0 atom stereocenters. The van der Waals surface area contributed by atoms with Gasteiger partial charge in [-0.1, -0.05) is 6.07 Å². The number of quaternary nitrogens is 1. The van der Waals surface area contributed by atoms with Crippen LogP contribution in [-0.4, -0.2) is 9.97 Å². The van der Waals surface area contributed by atoms with Crippen molar-refractivity contribution in [3.63, 3.8) is 0 Å². The van der Waals surface area contributed by atoms with E-state index in [1.165, 1.54) is 0 Å². The molecule has 0 bridgehead atoms. The Balaban J connectivity index is 2.74. The second kappa shape index (κ2) is 2.49. The van der Waals surface area contributed by atoms with Gasteiger partial charge < -0.3 is 15.7 Å². The largest absolute Gasteiger partial charge is 0.354 e. The maximum Gasteiger partial charge on any atom is 0.323 e. The van der Waals surface area contributed by atoms with Gasteiger partial charge in [0, 0.05) is 5.56 Å². The quantitative estimate of drug-likeness (QED) is 0.527. The van der Waals surface area contributed by atoms with Crippen LogP contribution in [0.4, 0.5) is 0 Å². The summed E-state index contributed by atoms with van der Waals surface area (Å²) in [6.07, 6.45) is 0. The molecule has 1 aromatic heterocycles. The molecule has 0 saturated carbocycles. The molecule has 5 N–H and O–H groups in total. The molecule has 1 aromatic carbocycles. The van der Waals surface area contributed by atoms with Crippen molar-refractivity contribution in [2.45, 2.75) is 6.54 Å². The molecule has 0 saturated heterocycles. The van der Waals surface area contributed by atoms with Crippen LogP contribution in [-0.2, 0) is 6.54 Å². The van der Waals surface area contributed by atoms with Gasteiger partial charge in [-0.15, -0.1) is 0 Å². The molecule has 0 fully saturated rings. The SMILES string of the molecule is [NH3+]Cc1ccc2[nH]c(=O)[nH]c2c1. The number of aromatic nitrogens is 2. The molecule has 0 amide bonds. The molecule has 62 valence electrons. The van der Waals surface area contributed by atoms with Gasteiger partial charge in [-0.25, -0.2) is 4.79 Å². The average Bonchev–Trinajstić information content (AvgIpc) is 2.43. The number of hydrogen-bond donors (Lipinski definition) is 3. The highest BCUT2D eigenvalue weighted by molar-refractivity contribution is 5.74. The van der Waals surface area contributed by atoms with Crippen molar-refractivity contribution in [2.24, 2.45) is 0 Å².